The number of carbonyl (C=O) groups excluding carboxylic acids is 3. The van der Waals surface area contributed by atoms with Crippen LogP contribution in [-0.2, 0) is 14.3 Å². The molecule has 8 heteroatoms. The number of amides is 2. The number of benzene rings is 1. The van der Waals surface area contributed by atoms with Crippen molar-refractivity contribution >= 4 is 29.2 Å². The number of hydrogen-bond donors (Lipinski definition) is 1. The summed E-state index contributed by atoms with van der Waals surface area (Å²) in [5.74, 6) is -1.16. The topological polar surface area (TPSA) is 118 Å². The van der Waals surface area contributed by atoms with Crippen LogP contribution in [0, 0.1) is 11.3 Å². The van der Waals surface area contributed by atoms with Gasteiger partial charge in [0.25, 0.3) is 0 Å². The third kappa shape index (κ3) is 2.61. The summed E-state index contributed by atoms with van der Waals surface area (Å²) >= 11 is 0. The number of carbonyl (C=O) groups is 3. The largest absolute Gasteiger partial charge is 0.464 e. The maximum atomic E-state index is 12.0. The molecule has 0 spiro atoms. The maximum Gasteiger partial charge on any atom is 0.357 e. The monoisotopic (exact) mass is 338 g/mol. The van der Waals surface area contributed by atoms with Crippen molar-refractivity contribution in [3.05, 3.63) is 41.7 Å². The normalized spacial score (nSPS) is 13.8. The second kappa shape index (κ2) is 6.13. The van der Waals surface area contributed by atoms with Crippen LogP contribution in [0.5, 0.6) is 0 Å². The number of anilines is 2. The molecule has 1 aliphatic heterocycles. The van der Waals surface area contributed by atoms with Gasteiger partial charge in [0.05, 0.1) is 24.0 Å². The fraction of sp³-hybridized carbons (Fsp3) is 0.176. The highest BCUT2D eigenvalue weighted by molar-refractivity contribution is 6.19. The Balaban J connectivity index is 2.04. The van der Waals surface area contributed by atoms with Crippen LogP contribution in [0.1, 0.15) is 28.9 Å². The molecule has 2 heterocycles. The van der Waals surface area contributed by atoms with Gasteiger partial charge in [-0.3, -0.25) is 14.5 Å². The summed E-state index contributed by atoms with van der Waals surface area (Å²) < 4.78 is 6.17. The second-order valence-electron chi connectivity index (χ2n) is 5.42. The molecule has 1 aromatic heterocycles. The average Bonchev–Trinajstić information content (AvgIpc) is 3.13. The number of imide groups is 1. The number of aromatic nitrogens is 1. The molecule has 25 heavy (non-hydrogen) atoms. The summed E-state index contributed by atoms with van der Waals surface area (Å²) in [6, 6.07) is 8.37. The Labute approximate surface area is 143 Å². The zero-order chi connectivity index (χ0) is 18.1. The number of rotatable bonds is 3. The van der Waals surface area contributed by atoms with Crippen molar-refractivity contribution in [2.45, 2.75) is 12.8 Å². The van der Waals surface area contributed by atoms with Crippen molar-refractivity contribution in [2.24, 2.45) is 0 Å². The Bertz CT molecular complexity index is 905. The van der Waals surface area contributed by atoms with Crippen LogP contribution in [0.2, 0.25) is 0 Å². The summed E-state index contributed by atoms with van der Waals surface area (Å²) in [4.78, 5) is 36.7. The lowest BCUT2D eigenvalue weighted by Crippen LogP contribution is -2.28. The Morgan fingerprint density at radius 3 is 2.24 bits per heavy atom. The molecule has 1 saturated heterocycles. The first-order chi connectivity index (χ1) is 12.0. The van der Waals surface area contributed by atoms with Crippen LogP contribution < -0.4 is 10.6 Å². The zero-order valence-corrected chi connectivity index (χ0v) is 13.4. The molecule has 0 radical (unpaired) electrons. The molecular formula is C17H14N4O4. The summed E-state index contributed by atoms with van der Waals surface area (Å²) in [6.45, 7) is 0. The molecule has 1 aromatic carbocycles. The van der Waals surface area contributed by atoms with Crippen molar-refractivity contribution < 1.29 is 19.1 Å². The maximum absolute atomic E-state index is 12.0. The van der Waals surface area contributed by atoms with Crippen LogP contribution in [0.15, 0.2) is 30.5 Å². The van der Waals surface area contributed by atoms with E-state index in [0.717, 1.165) is 4.90 Å². The second-order valence-corrected chi connectivity index (χ2v) is 5.42. The third-order valence-electron chi connectivity index (χ3n) is 3.98. The standard InChI is InChI=1S/C17H14N4O4/c1-25-17(24)16-15(19)10(8-18)9-20(16)11-2-4-12(5-3-11)21-13(22)6-7-14(21)23/h2-5,9H,6-7,19H2,1H3. The lowest BCUT2D eigenvalue weighted by molar-refractivity contribution is -0.121. The van der Waals surface area contributed by atoms with E-state index in [1.807, 2.05) is 6.07 Å². The summed E-state index contributed by atoms with van der Waals surface area (Å²) in [6.07, 6.45) is 1.84. The van der Waals surface area contributed by atoms with Gasteiger partial charge in [-0.05, 0) is 24.3 Å². The zero-order valence-electron chi connectivity index (χ0n) is 13.4. The quantitative estimate of drug-likeness (QED) is 0.667. The molecule has 2 N–H and O–H groups in total. The fourth-order valence-electron chi connectivity index (χ4n) is 2.75. The van der Waals surface area contributed by atoms with E-state index >= 15 is 0 Å². The minimum absolute atomic E-state index is 0.0309. The molecule has 2 aromatic rings. The third-order valence-corrected chi connectivity index (χ3v) is 3.98. The summed E-state index contributed by atoms with van der Waals surface area (Å²) in [7, 11) is 1.22. The number of nitrogen functional groups attached to an aromatic ring is 1. The van der Waals surface area contributed by atoms with Gasteiger partial charge in [-0.25, -0.2) is 4.79 Å². The van der Waals surface area contributed by atoms with E-state index in [1.165, 1.54) is 17.9 Å². The molecule has 1 fully saturated rings. The first kappa shape index (κ1) is 16.3. The number of nitrogens with two attached hydrogens (primary N) is 1. The van der Waals surface area contributed by atoms with Crippen molar-refractivity contribution in [1.29, 1.82) is 5.26 Å². The molecule has 8 nitrogen and oxygen atoms in total. The van der Waals surface area contributed by atoms with Gasteiger partial charge in [0.1, 0.15) is 6.07 Å². The first-order valence-corrected chi connectivity index (χ1v) is 7.43. The van der Waals surface area contributed by atoms with Crippen molar-refractivity contribution in [2.75, 3.05) is 17.7 Å². The number of hydrogen-bond acceptors (Lipinski definition) is 6. The highest BCUT2D eigenvalue weighted by Gasteiger charge is 2.30. The smallest absolute Gasteiger partial charge is 0.357 e. The number of nitriles is 1. The molecule has 0 saturated carbocycles. The van der Waals surface area contributed by atoms with Crippen molar-refractivity contribution in [1.82, 2.24) is 4.57 Å². The average molecular weight is 338 g/mol. The van der Waals surface area contributed by atoms with E-state index in [1.54, 1.807) is 24.3 Å². The predicted octanol–water partition coefficient (Wildman–Crippen LogP) is 1.37. The molecular weight excluding hydrogens is 324 g/mol. The van der Waals surface area contributed by atoms with E-state index in [9.17, 15) is 14.4 Å². The van der Waals surface area contributed by atoms with Gasteiger partial charge in [-0.1, -0.05) is 0 Å². The highest BCUT2D eigenvalue weighted by atomic mass is 16.5. The van der Waals surface area contributed by atoms with E-state index in [0.29, 0.717) is 11.4 Å². The molecule has 1 aliphatic rings. The minimum atomic E-state index is -0.673. The molecule has 2 amide bonds. The van der Waals surface area contributed by atoms with Gasteiger partial charge in [0, 0.05) is 24.7 Å². The number of nitrogens with zero attached hydrogens (tertiary/aromatic N) is 3. The SMILES string of the molecule is COC(=O)c1c(N)c(C#N)cn1-c1ccc(N2C(=O)CCC2=O)cc1. The lowest BCUT2D eigenvalue weighted by atomic mass is 10.2. The Hall–Kier alpha value is -3.60. The Kier molecular flexibility index (Phi) is 3.99. The van der Waals surface area contributed by atoms with E-state index in [2.05, 4.69) is 0 Å². The molecule has 126 valence electrons. The predicted molar refractivity (Wildman–Crippen MR) is 88.0 cm³/mol. The molecule has 0 bridgehead atoms. The van der Waals surface area contributed by atoms with Crippen LogP contribution in [0.25, 0.3) is 5.69 Å². The molecule has 0 unspecified atom stereocenters. The van der Waals surface area contributed by atoms with Gasteiger partial charge in [0.2, 0.25) is 11.8 Å². The van der Waals surface area contributed by atoms with Crippen LogP contribution in [0.3, 0.4) is 0 Å². The molecule has 0 atom stereocenters. The van der Waals surface area contributed by atoms with E-state index in [-0.39, 0.29) is 41.6 Å². The van der Waals surface area contributed by atoms with Crippen molar-refractivity contribution in [3.63, 3.8) is 0 Å². The molecule has 0 aliphatic carbocycles. The number of methoxy groups -OCH3 is 1. The Morgan fingerprint density at radius 2 is 1.72 bits per heavy atom. The molecule has 3 rings (SSSR count). The Morgan fingerprint density at radius 1 is 1.16 bits per heavy atom. The highest BCUT2D eigenvalue weighted by Crippen LogP contribution is 2.27. The minimum Gasteiger partial charge on any atom is -0.464 e. The summed E-state index contributed by atoms with van der Waals surface area (Å²) in [5, 5.41) is 9.13. The summed E-state index contributed by atoms with van der Waals surface area (Å²) in [5.41, 5.74) is 7.07. The van der Waals surface area contributed by atoms with E-state index < -0.39 is 5.97 Å². The van der Waals surface area contributed by atoms with Gasteiger partial charge in [-0.15, -0.1) is 0 Å². The van der Waals surface area contributed by atoms with E-state index in [4.69, 9.17) is 15.7 Å². The fourth-order valence-corrected chi connectivity index (χ4v) is 2.75. The van der Waals surface area contributed by atoms with Crippen LogP contribution in [-0.4, -0.2) is 29.5 Å². The van der Waals surface area contributed by atoms with Gasteiger partial charge in [0.15, 0.2) is 5.69 Å². The van der Waals surface area contributed by atoms with Gasteiger partial charge < -0.3 is 15.0 Å². The van der Waals surface area contributed by atoms with Gasteiger partial charge >= 0.3 is 5.97 Å². The van der Waals surface area contributed by atoms with Gasteiger partial charge in [-0.2, -0.15) is 5.26 Å². The van der Waals surface area contributed by atoms with Crippen LogP contribution in [0.4, 0.5) is 11.4 Å². The number of esters is 1. The van der Waals surface area contributed by atoms with Crippen LogP contribution >= 0.6 is 0 Å². The first-order valence-electron chi connectivity index (χ1n) is 7.43. The number of ether oxygens (including phenoxy) is 1. The lowest BCUT2D eigenvalue weighted by Gasteiger charge is -2.15. The van der Waals surface area contributed by atoms with Crippen molar-refractivity contribution in [3.8, 4) is 11.8 Å².